The molecule has 0 atom stereocenters. The van der Waals surface area contributed by atoms with Gasteiger partial charge in [0, 0.05) is 17.1 Å². The molecule has 1 heteroatoms. The monoisotopic (exact) mass is 377 g/mol. The van der Waals surface area contributed by atoms with Crippen LogP contribution in [-0.4, -0.2) is 0 Å². The van der Waals surface area contributed by atoms with E-state index in [-0.39, 0.29) is 0 Å². The second-order valence-electron chi connectivity index (χ2n) is 7.55. The van der Waals surface area contributed by atoms with E-state index in [1.807, 2.05) is 6.07 Å². The normalized spacial score (nSPS) is 14.0. The van der Waals surface area contributed by atoms with Crippen molar-refractivity contribution in [3.05, 3.63) is 112 Å². The third kappa shape index (κ3) is 4.09. The summed E-state index contributed by atoms with van der Waals surface area (Å²) in [6.07, 6.45) is 11.2. The summed E-state index contributed by atoms with van der Waals surface area (Å²) in [7, 11) is 0. The van der Waals surface area contributed by atoms with E-state index in [4.69, 9.17) is 0 Å². The van der Waals surface area contributed by atoms with Gasteiger partial charge >= 0.3 is 0 Å². The van der Waals surface area contributed by atoms with Gasteiger partial charge in [0.15, 0.2) is 0 Å². The zero-order valence-corrected chi connectivity index (χ0v) is 17.2. The van der Waals surface area contributed by atoms with Gasteiger partial charge in [-0.2, -0.15) is 0 Å². The summed E-state index contributed by atoms with van der Waals surface area (Å²) in [4.78, 5) is 2.33. The summed E-state index contributed by atoms with van der Waals surface area (Å²) < 4.78 is 0. The van der Waals surface area contributed by atoms with Gasteiger partial charge in [0.1, 0.15) is 0 Å². The third-order valence-electron chi connectivity index (χ3n) is 5.47. The molecule has 1 aliphatic rings. The number of hydrogen-bond donors (Lipinski definition) is 0. The van der Waals surface area contributed by atoms with Crippen LogP contribution in [0.15, 0.2) is 84.6 Å². The highest BCUT2D eigenvalue weighted by Gasteiger charge is 2.15. The van der Waals surface area contributed by atoms with Gasteiger partial charge < -0.3 is 4.90 Å². The second kappa shape index (κ2) is 8.36. The van der Waals surface area contributed by atoms with Crippen LogP contribution in [0.2, 0.25) is 0 Å². The maximum absolute atomic E-state index is 4.20. The highest BCUT2D eigenvalue weighted by Crippen LogP contribution is 2.33. The Morgan fingerprint density at radius 3 is 2.48 bits per heavy atom. The van der Waals surface area contributed by atoms with Crippen LogP contribution < -0.4 is 15.3 Å². The molecule has 0 spiro atoms. The van der Waals surface area contributed by atoms with E-state index >= 15 is 0 Å². The average molecular weight is 378 g/mol. The van der Waals surface area contributed by atoms with Crippen molar-refractivity contribution >= 4 is 30.1 Å². The standard InChI is InChI=1S/C28H27N/c1-4-26(19-24-11-6-5-9-22(24)3)29(27-16-13-21(2)14-17-27)28-18-15-23-10-7-8-12-25(23)20-28/h4-6,8-9,11-20H,3,7,10H2,1-2H3/b24-19-,26-4?. The Kier molecular flexibility index (Phi) is 5.48. The minimum atomic E-state index is 1.03. The smallest absolute Gasteiger partial charge is 0.0467 e. The first-order valence-electron chi connectivity index (χ1n) is 10.2. The third-order valence-corrected chi connectivity index (χ3v) is 5.47. The number of benzene rings is 3. The van der Waals surface area contributed by atoms with Crippen LogP contribution in [-0.2, 0) is 6.42 Å². The fourth-order valence-corrected chi connectivity index (χ4v) is 3.81. The number of allylic oxidation sites excluding steroid dienone is 3. The minimum Gasteiger partial charge on any atom is -0.311 e. The molecule has 0 amide bonds. The number of anilines is 2. The van der Waals surface area contributed by atoms with Crippen molar-refractivity contribution < 1.29 is 0 Å². The zero-order valence-electron chi connectivity index (χ0n) is 17.2. The van der Waals surface area contributed by atoms with E-state index in [0.29, 0.717) is 0 Å². The van der Waals surface area contributed by atoms with E-state index in [1.165, 1.54) is 22.4 Å². The van der Waals surface area contributed by atoms with Crippen molar-refractivity contribution in [3.63, 3.8) is 0 Å². The molecule has 0 N–H and O–H groups in total. The van der Waals surface area contributed by atoms with Gasteiger partial charge in [-0.05, 0) is 78.6 Å². The molecule has 0 aliphatic heterocycles. The van der Waals surface area contributed by atoms with E-state index in [1.54, 1.807) is 0 Å². The zero-order chi connectivity index (χ0) is 20.2. The molecule has 3 aromatic rings. The minimum absolute atomic E-state index is 1.03. The lowest BCUT2D eigenvalue weighted by Gasteiger charge is -2.27. The largest absolute Gasteiger partial charge is 0.311 e. The molecule has 0 heterocycles. The predicted octanol–water partition coefficient (Wildman–Crippen LogP) is 5.89. The first-order valence-corrected chi connectivity index (χ1v) is 10.2. The summed E-state index contributed by atoms with van der Waals surface area (Å²) in [6.45, 7) is 8.41. The highest BCUT2D eigenvalue weighted by atomic mass is 15.1. The van der Waals surface area contributed by atoms with Crippen LogP contribution in [0.3, 0.4) is 0 Å². The first kappa shape index (κ1) is 19.0. The van der Waals surface area contributed by atoms with Gasteiger partial charge in [0.25, 0.3) is 0 Å². The lowest BCUT2D eigenvalue weighted by atomic mass is 9.96. The maximum Gasteiger partial charge on any atom is 0.0467 e. The Bertz CT molecular complexity index is 1180. The Balaban J connectivity index is 1.88. The molecule has 0 bridgehead atoms. The van der Waals surface area contributed by atoms with Gasteiger partial charge in [-0.1, -0.05) is 72.8 Å². The SMILES string of the molecule is C=c1cccc/c1=C/C(=CC)N(c1ccc(C)cc1)c1ccc2c(c1)C=CCC2. The van der Waals surface area contributed by atoms with Crippen LogP contribution in [0.1, 0.15) is 30.0 Å². The summed E-state index contributed by atoms with van der Waals surface area (Å²) in [5.41, 5.74) is 7.46. The summed E-state index contributed by atoms with van der Waals surface area (Å²) in [5.74, 6) is 0. The molecule has 0 aromatic heterocycles. The number of fused-ring (bicyclic) bond motifs is 1. The van der Waals surface area contributed by atoms with Gasteiger partial charge in [0.05, 0.1) is 0 Å². The summed E-state index contributed by atoms with van der Waals surface area (Å²) in [5, 5.41) is 2.17. The maximum atomic E-state index is 4.20. The lowest BCUT2D eigenvalue weighted by molar-refractivity contribution is 0.984. The quantitative estimate of drug-likeness (QED) is 0.548. The van der Waals surface area contributed by atoms with E-state index in [9.17, 15) is 0 Å². The van der Waals surface area contributed by atoms with Crippen LogP contribution in [0.4, 0.5) is 11.4 Å². The van der Waals surface area contributed by atoms with Gasteiger partial charge in [0.2, 0.25) is 0 Å². The Labute approximate surface area is 173 Å². The number of aryl methyl sites for hydroxylation is 2. The molecule has 0 saturated carbocycles. The van der Waals surface area contributed by atoms with Crippen molar-refractivity contribution in [2.45, 2.75) is 26.7 Å². The molecule has 4 rings (SSSR count). The van der Waals surface area contributed by atoms with E-state index in [2.05, 4.69) is 110 Å². The Hall–Kier alpha value is -3.32. The lowest BCUT2D eigenvalue weighted by Crippen LogP contribution is -2.25. The molecule has 0 radical (unpaired) electrons. The van der Waals surface area contributed by atoms with Crippen molar-refractivity contribution in [2.24, 2.45) is 0 Å². The molecule has 0 saturated heterocycles. The Morgan fingerprint density at radius 2 is 1.72 bits per heavy atom. The van der Waals surface area contributed by atoms with Gasteiger partial charge in [-0.15, -0.1) is 0 Å². The fourth-order valence-electron chi connectivity index (χ4n) is 3.81. The Morgan fingerprint density at radius 1 is 0.966 bits per heavy atom. The van der Waals surface area contributed by atoms with E-state index in [0.717, 1.165) is 34.7 Å². The molecule has 29 heavy (non-hydrogen) atoms. The fraction of sp³-hybridized carbons (Fsp3) is 0.143. The van der Waals surface area contributed by atoms with Crippen LogP contribution >= 0.6 is 0 Å². The molecular formula is C28H27N. The van der Waals surface area contributed by atoms with Crippen molar-refractivity contribution in [2.75, 3.05) is 4.90 Å². The second-order valence-corrected chi connectivity index (χ2v) is 7.55. The molecule has 1 aliphatic carbocycles. The van der Waals surface area contributed by atoms with Gasteiger partial charge in [-0.25, -0.2) is 0 Å². The summed E-state index contributed by atoms with van der Waals surface area (Å²) >= 11 is 0. The van der Waals surface area contributed by atoms with Crippen LogP contribution in [0, 0.1) is 6.92 Å². The number of nitrogens with zero attached hydrogens (tertiary/aromatic N) is 1. The van der Waals surface area contributed by atoms with Crippen molar-refractivity contribution in [1.29, 1.82) is 0 Å². The molecule has 3 aromatic carbocycles. The van der Waals surface area contributed by atoms with E-state index < -0.39 is 0 Å². The van der Waals surface area contributed by atoms with Crippen LogP contribution in [0.5, 0.6) is 0 Å². The molecule has 144 valence electrons. The topological polar surface area (TPSA) is 3.24 Å². The summed E-state index contributed by atoms with van der Waals surface area (Å²) in [6, 6.07) is 23.8. The van der Waals surface area contributed by atoms with Gasteiger partial charge in [-0.3, -0.25) is 0 Å². The predicted molar refractivity (Wildman–Crippen MR) is 127 cm³/mol. The van der Waals surface area contributed by atoms with Crippen LogP contribution in [0.25, 0.3) is 18.7 Å². The molecule has 1 nitrogen and oxygen atoms in total. The number of hydrogen-bond acceptors (Lipinski definition) is 1. The molecule has 0 unspecified atom stereocenters. The molecule has 0 fully saturated rings. The van der Waals surface area contributed by atoms with Crippen molar-refractivity contribution in [1.82, 2.24) is 0 Å². The van der Waals surface area contributed by atoms with Crippen molar-refractivity contribution in [3.8, 4) is 0 Å². The first-order chi connectivity index (χ1) is 14.2. The average Bonchev–Trinajstić information content (AvgIpc) is 2.75. The molecular weight excluding hydrogens is 350 g/mol. The number of rotatable bonds is 4. The highest BCUT2D eigenvalue weighted by molar-refractivity contribution is 5.77.